The van der Waals surface area contributed by atoms with Crippen LogP contribution in [0.15, 0.2) is 53.4 Å². The normalized spacial score (nSPS) is 14.9. The van der Waals surface area contributed by atoms with E-state index in [0.717, 1.165) is 44.6 Å². The van der Waals surface area contributed by atoms with Gasteiger partial charge in [-0.1, -0.05) is 30.3 Å². The predicted octanol–water partition coefficient (Wildman–Crippen LogP) is 4.24. The molecule has 0 unspecified atom stereocenters. The zero-order valence-corrected chi connectivity index (χ0v) is 17.4. The molecular formula is C20H24ClF3N2O2S. The van der Waals surface area contributed by atoms with E-state index in [4.69, 9.17) is 0 Å². The van der Waals surface area contributed by atoms with Gasteiger partial charge >= 0.3 is 6.18 Å². The zero-order valence-electron chi connectivity index (χ0n) is 15.8. The van der Waals surface area contributed by atoms with Crippen molar-refractivity contribution >= 4 is 22.4 Å². The quantitative estimate of drug-likeness (QED) is 0.644. The summed E-state index contributed by atoms with van der Waals surface area (Å²) >= 11 is 0. The number of hydrogen-bond acceptors (Lipinski definition) is 3. The van der Waals surface area contributed by atoms with Crippen LogP contribution in [-0.2, 0) is 29.2 Å². The maximum atomic E-state index is 12.8. The summed E-state index contributed by atoms with van der Waals surface area (Å²) in [6.45, 7) is 2.93. The molecule has 0 fully saturated rings. The van der Waals surface area contributed by atoms with Crippen molar-refractivity contribution in [2.75, 3.05) is 19.6 Å². The Morgan fingerprint density at radius 2 is 1.72 bits per heavy atom. The van der Waals surface area contributed by atoms with Crippen LogP contribution in [-0.4, -0.2) is 33.0 Å². The van der Waals surface area contributed by atoms with Crippen LogP contribution in [0.25, 0.3) is 0 Å². The maximum Gasteiger partial charge on any atom is 0.416 e. The highest BCUT2D eigenvalue weighted by molar-refractivity contribution is 7.89. The lowest BCUT2D eigenvalue weighted by atomic mass is 10.00. The van der Waals surface area contributed by atoms with Crippen molar-refractivity contribution in [2.45, 2.75) is 36.9 Å². The zero-order chi connectivity index (χ0) is 20.2. The summed E-state index contributed by atoms with van der Waals surface area (Å²) in [7, 11) is -3.95. The third kappa shape index (κ3) is 6.44. The molecule has 0 amide bonds. The fraction of sp³-hybridized carbons (Fsp3) is 0.400. The lowest BCUT2D eigenvalue weighted by Gasteiger charge is -2.28. The minimum atomic E-state index is -4.57. The van der Waals surface area contributed by atoms with Crippen LogP contribution in [0, 0.1) is 0 Å². The van der Waals surface area contributed by atoms with Gasteiger partial charge in [0.2, 0.25) is 10.0 Å². The summed E-state index contributed by atoms with van der Waals surface area (Å²) in [5.41, 5.74) is 1.74. The molecule has 0 aromatic heterocycles. The van der Waals surface area contributed by atoms with Gasteiger partial charge in [0.05, 0.1) is 10.5 Å². The Balaban J connectivity index is 0.00000300. The fourth-order valence-corrected chi connectivity index (χ4v) is 4.45. The van der Waals surface area contributed by atoms with Crippen molar-refractivity contribution < 1.29 is 21.6 Å². The molecule has 4 nitrogen and oxygen atoms in total. The van der Waals surface area contributed by atoms with E-state index >= 15 is 0 Å². The molecule has 0 spiro atoms. The van der Waals surface area contributed by atoms with Crippen molar-refractivity contribution in [3.05, 3.63) is 65.2 Å². The van der Waals surface area contributed by atoms with Crippen LogP contribution in [0.2, 0.25) is 0 Å². The first-order valence-corrected chi connectivity index (χ1v) is 10.7. The van der Waals surface area contributed by atoms with Gasteiger partial charge in [-0.25, -0.2) is 13.1 Å². The highest BCUT2D eigenvalue weighted by Gasteiger charge is 2.31. The second-order valence-corrected chi connectivity index (χ2v) is 8.69. The average molecular weight is 449 g/mol. The summed E-state index contributed by atoms with van der Waals surface area (Å²) in [6, 6.07) is 12.1. The molecule has 3 rings (SSSR count). The highest BCUT2D eigenvalue weighted by atomic mass is 35.5. The van der Waals surface area contributed by atoms with E-state index in [1.54, 1.807) is 0 Å². The van der Waals surface area contributed by atoms with Crippen LogP contribution in [0.3, 0.4) is 0 Å². The first kappa shape index (κ1) is 23.7. The van der Waals surface area contributed by atoms with Gasteiger partial charge < -0.3 is 0 Å². The molecule has 29 heavy (non-hydrogen) atoms. The number of nitrogens with one attached hydrogen (secondary N) is 1. The van der Waals surface area contributed by atoms with E-state index < -0.39 is 21.8 Å². The molecule has 1 N–H and O–H groups in total. The molecule has 1 aliphatic heterocycles. The summed E-state index contributed by atoms with van der Waals surface area (Å²) in [5, 5.41) is 0. The van der Waals surface area contributed by atoms with Gasteiger partial charge in [0.25, 0.3) is 0 Å². The van der Waals surface area contributed by atoms with Gasteiger partial charge in [0.15, 0.2) is 0 Å². The Morgan fingerprint density at radius 1 is 1.00 bits per heavy atom. The first-order valence-electron chi connectivity index (χ1n) is 9.22. The second-order valence-electron chi connectivity index (χ2n) is 6.93. The molecule has 0 saturated carbocycles. The van der Waals surface area contributed by atoms with E-state index in [-0.39, 0.29) is 23.8 Å². The second kappa shape index (κ2) is 9.93. The largest absolute Gasteiger partial charge is 0.416 e. The molecule has 9 heteroatoms. The van der Waals surface area contributed by atoms with Crippen LogP contribution >= 0.6 is 12.4 Å². The number of alkyl halides is 3. The number of nitrogens with zero attached hydrogens (tertiary/aromatic N) is 1. The van der Waals surface area contributed by atoms with Crippen molar-refractivity contribution in [1.29, 1.82) is 0 Å². The SMILES string of the molecule is Cl.O=S(=O)(NCCCCN1CCc2ccccc2C1)c1cccc(C(F)(F)F)c1. The Kier molecular flexibility index (Phi) is 8.10. The number of unbranched alkanes of at least 4 members (excludes halogenated alkanes) is 1. The van der Waals surface area contributed by atoms with Crippen molar-refractivity contribution in [3.8, 4) is 0 Å². The monoisotopic (exact) mass is 448 g/mol. The summed E-state index contributed by atoms with van der Waals surface area (Å²) in [5.74, 6) is 0. The van der Waals surface area contributed by atoms with Crippen LogP contribution in [0.5, 0.6) is 0 Å². The summed E-state index contributed by atoms with van der Waals surface area (Å²) in [6.07, 6.45) is -2.12. The number of benzene rings is 2. The molecule has 160 valence electrons. The number of hydrogen-bond donors (Lipinski definition) is 1. The highest BCUT2D eigenvalue weighted by Crippen LogP contribution is 2.30. The van der Waals surface area contributed by atoms with E-state index in [9.17, 15) is 21.6 Å². The Morgan fingerprint density at radius 3 is 2.45 bits per heavy atom. The minimum absolute atomic E-state index is 0. The Labute approximate surface area is 175 Å². The minimum Gasteiger partial charge on any atom is -0.299 e. The van der Waals surface area contributed by atoms with Gasteiger partial charge in [-0.15, -0.1) is 12.4 Å². The van der Waals surface area contributed by atoms with Gasteiger partial charge in [-0.2, -0.15) is 13.2 Å². The molecule has 1 aliphatic rings. The molecule has 0 aliphatic carbocycles. The molecule has 1 heterocycles. The maximum absolute atomic E-state index is 12.8. The van der Waals surface area contributed by atoms with Crippen LogP contribution < -0.4 is 4.72 Å². The van der Waals surface area contributed by atoms with E-state index in [1.165, 1.54) is 17.2 Å². The van der Waals surface area contributed by atoms with Gasteiger partial charge in [0.1, 0.15) is 0 Å². The average Bonchev–Trinajstić information content (AvgIpc) is 2.67. The topological polar surface area (TPSA) is 49.4 Å². The molecule has 0 bridgehead atoms. The standard InChI is InChI=1S/C20H23F3N2O2S.ClH/c21-20(22,23)18-8-5-9-19(14-18)28(26,27)24-11-3-4-12-25-13-10-16-6-1-2-7-17(16)15-25;/h1-2,5-9,14,24H,3-4,10-13,15H2;1H. The number of halogens is 4. The van der Waals surface area contributed by atoms with Crippen molar-refractivity contribution in [3.63, 3.8) is 0 Å². The van der Waals surface area contributed by atoms with Gasteiger partial charge in [-0.3, -0.25) is 4.90 Å². The summed E-state index contributed by atoms with van der Waals surface area (Å²) in [4.78, 5) is 1.97. The lowest BCUT2D eigenvalue weighted by Crippen LogP contribution is -2.32. The Hall–Kier alpha value is -1.61. The van der Waals surface area contributed by atoms with Crippen molar-refractivity contribution in [2.24, 2.45) is 0 Å². The fourth-order valence-electron chi connectivity index (χ4n) is 3.33. The van der Waals surface area contributed by atoms with Crippen LogP contribution in [0.4, 0.5) is 13.2 Å². The number of rotatable bonds is 7. The number of sulfonamides is 1. The molecule has 0 saturated heterocycles. The molecule has 0 atom stereocenters. The lowest BCUT2D eigenvalue weighted by molar-refractivity contribution is -0.137. The Bertz CT molecular complexity index is 920. The van der Waals surface area contributed by atoms with E-state index in [0.29, 0.717) is 12.5 Å². The van der Waals surface area contributed by atoms with E-state index in [1.807, 2.05) is 12.1 Å². The predicted molar refractivity (Wildman–Crippen MR) is 109 cm³/mol. The van der Waals surface area contributed by atoms with Crippen molar-refractivity contribution in [1.82, 2.24) is 9.62 Å². The number of fused-ring (bicyclic) bond motifs is 1. The molecular weight excluding hydrogens is 425 g/mol. The first-order chi connectivity index (χ1) is 13.3. The summed E-state index contributed by atoms with van der Waals surface area (Å²) < 4.78 is 65.1. The van der Waals surface area contributed by atoms with Gasteiger partial charge in [0, 0.05) is 19.6 Å². The third-order valence-corrected chi connectivity index (χ3v) is 6.33. The molecule has 0 radical (unpaired) electrons. The molecule has 2 aromatic rings. The molecule has 2 aromatic carbocycles. The third-order valence-electron chi connectivity index (χ3n) is 4.87. The van der Waals surface area contributed by atoms with E-state index in [2.05, 4.69) is 21.8 Å². The smallest absolute Gasteiger partial charge is 0.299 e. The van der Waals surface area contributed by atoms with Crippen LogP contribution in [0.1, 0.15) is 29.5 Å². The van der Waals surface area contributed by atoms with Gasteiger partial charge in [-0.05, 0) is 55.1 Å².